The SMILES string of the molecule is CO[C@@H]1O[C@@](C)([C@H]2CC(C)=C(C)C(=O)O2)[C@H]2C[C@H](OC(C)=O)[C@H]3[C@@H]4C[C@@H](OC(C)=O)[C@@]5(O)CC=CC(=O)[C@]5(C)[C@H]4CC[C@@]132. The van der Waals surface area contributed by atoms with Gasteiger partial charge in [0, 0.05) is 50.2 Å². The molecule has 1 saturated heterocycles. The molecule has 0 amide bonds. The van der Waals surface area contributed by atoms with Crippen molar-refractivity contribution < 1.29 is 48.0 Å². The lowest BCUT2D eigenvalue weighted by atomic mass is 9.42. The van der Waals surface area contributed by atoms with Crippen molar-refractivity contribution in [2.75, 3.05) is 7.11 Å². The zero-order chi connectivity index (χ0) is 31.3. The quantitative estimate of drug-likeness (QED) is 0.377. The molecule has 0 radical (unpaired) electrons. The number of ether oxygens (including phenoxy) is 5. The number of carbonyl (C=O) groups is 4. The topological polar surface area (TPSA) is 135 Å². The summed E-state index contributed by atoms with van der Waals surface area (Å²) in [5, 5.41) is 12.2. The predicted molar refractivity (Wildman–Crippen MR) is 151 cm³/mol. The molecule has 4 fully saturated rings. The molecule has 6 aliphatic rings. The van der Waals surface area contributed by atoms with Crippen molar-refractivity contribution >= 4 is 23.7 Å². The standard InChI is InChI=1S/C33H44O10/c1-16-13-25(42-28(37)17(16)2)31(6)23-15-22(40-18(3)34)27-20-14-26(41-19(4)35)33(38)11-8-9-24(36)30(33,5)21(20)10-12-32(23,27)29(39-7)43-31/h8-9,20-23,25-27,29,38H,10-15H2,1-7H3/t20-,21+,22+,23-,25-,26-,27-,29-,30+,31-,32+,33+/m1/s1. The van der Waals surface area contributed by atoms with Crippen molar-refractivity contribution in [3.05, 3.63) is 23.3 Å². The number of methoxy groups -OCH3 is 1. The van der Waals surface area contributed by atoms with Crippen molar-refractivity contribution in [1.82, 2.24) is 0 Å². The Hall–Kier alpha value is -2.56. The second-order valence-electron chi connectivity index (χ2n) is 14.2. The number of allylic oxidation sites excluding steroid dienone is 1. The highest BCUT2D eigenvalue weighted by atomic mass is 16.7. The molecule has 2 aliphatic heterocycles. The van der Waals surface area contributed by atoms with Crippen LogP contribution in [0.5, 0.6) is 0 Å². The smallest absolute Gasteiger partial charge is 0.334 e. The van der Waals surface area contributed by atoms with Gasteiger partial charge in [-0.1, -0.05) is 11.6 Å². The van der Waals surface area contributed by atoms with Gasteiger partial charge in [-0.25, -0.2) is 4.79 Å². The predicted octanol–water partition coefficient (Wildman–Crippen LogP) is 3.58. The maximum Gasteiger partial charge on any atom is 0.334 e. The summed E-state index contributed by atoms with van der Waals surface area (Å²) in [5.74, 6) is -2.54. The van der Waals surface area contributed by atoms with E-state index in [1.54, 1.807) is 27.0 Å². The molecular weight excluding hydrogens is 556 g/mol. The van der Waals surface area contributed by atoms with Crippen LogP contribution in [0.4, 0.5) is 0 Å². The Morgan fingerprint density at radius 3 is 2.40 bits per heavy atom. The number of carbonyl (C=O) groups excluding carboxylic acids is 4. The summed E-state index contributed by atoms with van der Waals surface area (Å²) in [6, 6.07) is 0. The zero-order valence-corrected chi connectivity index (χ0v) is 26.1. The van der Waals surface area contributed by atoms with E-state index in [1.165, 1.54) is 19.9 Å². The first-order valence-electron chi connectivity index (χ1n) is 15.5. The van der Waals surface area contributed by atoms with Gasteiger partial charge >= 0.3 is 17.9 Å². The van der Waals surface area contributed by atoms with Gasteiger partial charge in [0.25, 0.3) is 0 Å². The molecule has 43 heavy (non-hydrogen) atoms. The molecule has 3 saturated carbocycles. The Labute approximate surface area is 252 Å². The van der Waals surface area contributed by atoms with Gasteiger partial charge in [-0.2, -0.15) is 0 Å². The lowest BCUT2D eigenvalue weighted by Crippen LogP contribution is -2.71. The van der Waals surface area contributed by atoms with Gasteiger partial charge in [0.15, 0.2) is 12.1 Å². The summed E-state index contributed by atoms with van der Waals surface area (Å²) < 4.78 is 30.8. The third-order valence-corrected chi connectivity index (χ3v) is 12.5. The zero-order valence-electron chi connectivity index (χ0n) is 26.1. The van der Waals surface area contributed by atoms with Crippen LogP contribution in [0.1, 0.15) is 80.1 Å². The number of esters is 3. The molecule has 6 rings (SSSR count). The van der Waals surface area contributed by atoms with Gasteiger partial charge in [-0.15, -0.1) is 0 Å². The van der Waals surface area contributed by atoms with Crippen LogP contribution in [0.25, 0.3) is 0 Å². The van der Waals surface area contributed by atoms with E-state index in [4.69, 9.17) is 23.7 Å². The van der Waals surface area contributed by atoms with E-state index in [0.29, 0.717) is 37.7 Å². The Morgan fingerprint density at radius 1 is 1.07 bits per heavy atom. The van der Waals surface area contributed by atoms with Gasteiger partial charge < -0.3 is 28.8 Å². The maximum absolute atomic E-state index is 13.8. The van der Waals surface area contributed by atoms with E-state index in [9.17, 15) is 24.3 Å². The number of hydrogen-bond acceptors (Lipinski definition) is 10. The van der Waals surface area contributed by atoms with Crippen LogP contribution in [0, 0.1) is 34.5 Å². The number of cyclic esters (lactones) is 1. The molecule has 1 spiro atoms. The van der Waals surface area contributed by atoms with Crippen LogP contribution in [0.3, 0.4) is 0 Å². The number of hydrogen-bond donors (Lipinski definition) is 1. The largest absolute Gasteiger partial charge is 0.462 e. The average Bonchev–Trinajstić information content (AvgIpc) is 3.38. The van der Waals surface area contributed by atoms with Gasteiger partial charge in [0.05, 0.1) is 5.41 Å². The molecule has 236 valence electrons. The number of ketones is 1. The highest BCUT2D eigenvalue weighted by molar-refractivity contribution is 5.97. The van der Waals surface area contributed by atoms with Crippen LogP contribution in [0.2, 0.25) is 0 Å². The minimum atomic E-state index is -1.57. The summed E-state index contributed by atoms with van der Waals surface area (Å²) >= 11 is 0. The first-order valence-corrected chi connectivity index (χ1v) is 15.5. The summed E-state index contributed by atoms with van der Waals surface area (Å²) in [5.41, 5.74) is -2.80. The second kappa shape index (κ2) is 9.97. The fourth-order valence-electron chi connectivity index (χ4n) is 10.5. The Morgan fingerprint density at radius 2 is 1.77 bits per heavy atom. The Bertz CT molecular complexity index is 1320. The summed E-state index contributed by atoms with van der Waals surface area (Å²) in [6.07, 6.45) is 3.18. The van der Waals surface area contributed by atoms with Gasteiger partial charge in [-0.05, 0) is 77.7 Å². The molecule has 0 aromatic heterocycles. The van der Waals surface area contributed by atoms with Crippen LogP contribution in [-0.4, -0.2) is 71.7 Å². The van der Waals surface area contributed by atoms with Crippen molar-refractivity contribution in [2.45, 2.75) is 116 Å². The maximum atomic E-state index is 13.8. The van der Waals surface area contributed by atoms with Crippen molar-refractivity contribution in [3.8, 4) is 0 Å². The lowest BCUT2D eigenvalue weighted by molar-refractivity contribution is -0.263. The van der Waals surface area contributed by atoms with E-state index in [-0.39, 0.29) is 41.8 Å². The van der Waals surface area contributed by atoms with E-state index in [2.05, 4.69) is 0 Å². The number of aliphatic hydroxyl groups is 1. The van der Waals surface area contributed by atoms with E-state index >= 15 is 0 Å². The molecule has 0 aromatic carbocycles. The van der Waals surface area contributed by atoms with Crippen molar-refractivity contribution in [1.29, 1.82) is 0 Å². The van der Waals surface area contributed by atoms with E-state index in [0.717, 1.165) is 5.57 Å². The number of fused-ring (bicyclic) bond motifs is 4. The molecule has 0 aromatic rings. The van der Waals surface area contributed by atoms with Gasteiger partial charge in [0.1, 0.15) is 29.5 Å². The monoisotopic (exact) mass is 600 g/mol. The molecule has 2 heterocycles. The fraction of sp³-hybridized carbons (Fsp3) is 0.758. The second-order valence-corrected chi connectivity index (χ2v) is 14.2. The lowest BCUT2D eigenvalue weighted by Gasteiger charge is -2.63. The minimum absolute atomic E-state index is 0.190. The number of rotatable bonds is 4. The molecule has 0 unspecified atom stereocenters. The molecule has 1 N–H and O–H groups in total. The third kappa shape index (κ3) is 3.94. The van der Waals surface area contributed by atoms with Crippen LogP contribution < -0.4 is 0 Å². The average molecular weight is 601 g/mol. The summed E-state index contributed by atoms with van der Waals surface area (Å²) in [7, 11) is 1.60. The normalized spacial score (nSPS) is 48.6. The Balaban J connectivity index is 1.48. The molecular formula is C33H44O10. The van der Waals surface area contributed by atoms with Crippen molar-refractivity contribution in [3.63, 3.8) is 0 Å². The van der Waals surface area contributed by atoms with Gasteiger partial charge in [0.2, 0.25) is 0 Å². The molecule has 0 bridgehead atoms. The fourth-order valence-corrected chi connectivity index (χ4v) is 10.5. The molecule has 10 nitrogen and oxygen atoms in total. The Kier molecular flexibility index (Phi) is 7.07. The highest BCUT2D eigenvalue weighted by Crippen LogP contribution is 2.73. The minimum Gasteiger partial charge on any atom is -0.462 e. The highest BCUT2D eigenvalue weighted by Gasteiger charge is 2.78. The van der Waals surface area contributed by atoms with E-state index < -0.39 is 58.6 Å². The molecule has 4 aliphatic carbocycles. The van der Waals surface area contributed by atoms with Crippen molar-refractivity contribution in [2.24, 2.45) is 34.5 Å². The summed E-state index contributed by atoms with van der Waals surface area (Å²) in [4.78, 5) is 51.5. The van der Waals surface area contributed by atoms with Crippen LogP contribution >= 0.6 is 0 Å². The first-order chi connectivity index (χ1) is 20.1. The summed E-state index contributed by atoms with van der Waals surface area (Å²) in [6.45, 7) is 10.2. The third-order valence-electron chi connectivity index (χ3n) is 12.5. The van der Waals surface area contributed by atoms with Crippen LogP contribution in [-0.2, 0) is 42.9 Å². The molecule has 12 atom stereocenters. The van der Waals surface area contributed by atoms with Gasteiger partial charge in [-0.3, -0.25) is 14.4 Å². The van der Waals surface area contributed by atoms with E-state index in [1.807, 2.05) is 13.8 Å². The first kappa shape index (κ1) is 30.5. The van der Waals surface area contributed by atoms with Crippen LogP contribution in [0.15, 0.2) is 23.3 Å². The molecule has 10 heteroatoms.